The molecule has 6 heteroatoms. The third-order valence-electron chi connectivity index (χ3n) is 3.63. The summed E-state index contributed by atoms with van der Waals surface area (Å²) < 4.78 is 0. The Bertz CT molecular complexity index is 521. The summed E-state index contributed by atoms with van der Waals surface area (Å²) in [5.74, 6) is -0.685. The van der Waals surface area contributed by atoms with Crippen LogP contribution in [0.1, 0.15) is 18.4 Å². The Morgan fingerprint density at radius 2 is 2.14 bits per heavy atom. The van der Waals surface area contributed by atoms with Gasteiger partial charge in [0.15, 0.2) is 0 Å². The average Bonchev–Trinajstić information content (AvgIpc) is 2.84. The summed E-state index contributed by atoms with van der Waals surface area (Å²) in [5.41, 5.74) is 0.887. The highest BCUT2D eigenvalue weighted by atomic mass is 35.5. The second kappa shape index (κ2) is 7.43. The van der Waals surface area contributed by atoms with Gasteiger partial charge in [-0.25, -0.2) is 0 Å². The van der Waals surface area contributed by atoms with Gasteiger partial charge in [-0.3, -0.25) is 14.5 Å². The summed E-state index contributed by atoms with van der Waals surface area (Å²) in [6.45, 7) is 2.16. The molecule has 1 heterocycles. The summed E-state index contributed by atoms with van der Waals surface area (Å²) in [7, 11) is 0. The number of likely N-dealkylation sites (tertiary alicyclic amines) is 1. The molecule has 1 unspecified atom stereocenters. The lowest BCUT2D eigenvalue weighted by atomic mass is 10.1. The van der Waals surface area contributed by atoms with Gasteiger partial charge in [-0.15, -0.1) is 0 Å². The normalized spacial score (nSPS) is 18.6. The maximum absolute atomic E-state index is 11.9. The molecule has 2 rings (SSSR count). The molecule has 1 aromatic carbocycles. The fourth-order valence-electron chi connectivity index (χ4n) is 2.56. The van der Waals surface area contributed by atoms with E-state index >= 15 is 0 Å². The van der Waals surface area contributed by atoms with Crippen LogP contribution in [0.4, 0.5) is 0 Å². The lowest BCUT2D eigenvalue weighted by Gasteiger charge is -2.15. The molecule has 21 heavy (non-hydrogen) atoms. The Hall–Kier alpha value is -1.59. The van der Waals surface area contributed by atoms with Crippen molar-refractivity contribution in [3.63, 3.8) is 0 Å². The lowest BCUT2D eigenvalue weighted by molar-refractivity contribution is -0.138. The number of carbonyl (C=O) groups excluding carboxylic acids is 1. The van der Waals surface area contributed by atoms with E-state index in [1.54, 1.807) is 6.07 Å². The van der Waals surface area contributed by atoms with Crippen LogP contribution in [0.15, 0.2) is 24.3 Å². The van der Waals surface area contributed by atoms with E-state index in [1.807, 2.05) is 23.1 Å². The van der Waals surface area contributed by atoms with Gasteiger partial charge in [-0.05, 0) is 30.5 Å². The number of hydrogen-bond donors (Lipinski definition) is 2. The van der Waals surface area contributed by atoms with E-state index in [0.29, 0.717) is 24.7 Å². The summed E-state index contributed by atoms with van der Waals surface area (Å²) in [5, 5.41) is 12.2. The number of nitrogens with zero attached hydrogens (tertiary/aromatic N) is 1. The second-order valence-electron chi connectivity index (χ2n) is 5.36. The number of nitrogens with one attached hydrogen (secondary N) is 1. The summed E-state index contributed by atoms with van der Waals surface area (Å²) in [6.07, 6.45) is 1.02. The van der Waals surface area contributed by atoms with Crippen LogP contribution >= 0.6 is 11.6 Å². The van der Waals surface area contributed by atoms with Gasteiger partial charge < -0.3 is 10.4 Å². The van der Waals surface area contributed by atoms with Crippen molar-refractivity contribution in [1.82, 2.24) is 10.2 Å². The minimum atomic E-state index is -0.773. The highest BCUT2D eigenvalue weighted by Gasteiger charge is 2.25. The van der Waals surface area contributed by atoms with Gasteiger partial charge >= 0.3 is 5.97 Å². The van der Waals surface area contributed by atoms with Crippen molar-refractivity contribution in [2.24, 2.45) is 5.92 Å². The van der Waals surface area contributed by atoms with Crippen LogP contribution in [0.25, 0.3) is 0 Å². The number of rotatable bonds is 6. The fraction of sp³-hybridized carbons (Fsp3) is 0.467. The van der Waals surface area contributed by atoms with Crippen LogP contribution < -0.4 is 5.32 Å². The molecule has 1 amide bonds. The Morgan fingerprint density at radius 1 is 1.38 bits per heavy atom. The maximum Gasteiger partial charge on any atom is 0.303 e. The monoisotopic (exact) mass is 310 g/mol. The molecular weight excluding hydrogens is 292 g/mol. The standard InChI is InChI=1S/C15H19ClN2O3/c16-13-4-2-1-3-12(13)8-17-14(19)10-18-6-5-11(9-18)7-15(20)21/h1-4,11H,5-10H2,(H,17,19)(H,20,21). The molecule has 1 fully saturated rings. The molecule has 114 valence electrons. The van der Waals surface area contributed by atoms with E-state index in [4.69, 9.17) is 16.7 Å². The van der Waals surface area contributed by atoms with Crippen LogP contribution in [-0.2, 0) is 16.1 Å². The molecule has 0 bridgehead atoms. The molecular formula is C15H19ClN2O3. The maximum atomic E-state index is 11.9. The predicted octanol–water partition coefficient (Wildman–Crippen LogP) is 1.75. The number of carbonyl (C=O) groups is 2. The number of halogens is 1. The first-order valence-corrected chi connectivity index (χ1v) is 7.36. The molecule has 0 radical (unpaired) electrons. The van der Waals surface area contributed by atoms with E-state index < -0.39 is 5.97 Å². The number of aliphatic carboxylic acids is 1. The van der Waals surface area contributed by atoms with Crippen LogP contribution in [0, 0.1) is 5.92 Å². The zero-order valence-electron chi connectivity index (χ0n) is 11.7. The molecule has 0 aromatic heterocycles. The quantitative estimate of drug-likeness (QED) is 0.840. The van der Waals surface area contributed by atoms with E-state index in [-0.39, 0.29) is 18.2 Å². The second-order valence-corrected chi connectivity index (χ2v) is 5.76. The molecule has 0 aliphatic carbocycles. The zero-order chi connectivity index (χ0) is 15.2. The molecule has 0 spiro atoms. The van der Waals surface area contributed by atoms with E-state index in [0.717, 1.165) is 18.5 Å². The number of carboxylic acid groups (broad SMARTS) is 1. The molecule has 5 nitrogen and oxygen atoms in total. The van der Waals surface area contributed by atoms with Crippen molar-refractivity contribution in [3.8, 4) is 0 Å². The molecule has 0 saturated carbocycles. The van der Waals surface area contributed by atoms with E-state index in [1.165, 1.54) is 0 Å². The number of benzene rings is 1. The first kappa shape index (κ1) is 15.8. The van der Waals surface area contributed by atoms with Crippen molar-refractivity contribution >= 4 is 23.5 Å². The summed E-state index contributed by atoms with van der Waals surface area (Å²) in [4.78, 5) is 24.6. The van der Waals surface area contributed by atoms with E-state index in [2.05, 4.69) is 5.32 Å². The molecule has 1 atom stereocenters. The number of carboxylic acids is 1. The lowest BCUT2D eigenvalue weighted by Crippen LogP contribution is -2.35. The molecule has 1 saturated heterocycles. The van der Waals surface area contributed by atoms with Gasteiger partial charge in [0.2, 0.25) is 5.91 Å². The van der Waals surface area contributed by atoms with Gasteiger partial charge in [0.25, 0.3) is 0 Å². The van der Waals surface area contributed by atoms with E-state index in [9.17, 15) is 9.59 Å². The Morgan fingerprint density at radius 3 is 2.86 bits per heavy atom. The molecule has 1 aliphatic rings. The first-order chi connectivity index (χ1) is 10.0. The van der Waals surface area contributed by atoms with Gasteiger partial charge in [-0.1, -0.05) is 29.8 Å². The van der Waals surface area contributed by atoms with Crippen molar-refractivity contribution in [2.45, 2.75) is 19.4 Å². The first-order valence-electron chi connectivity index (χ1n) is 6.99. The minimum absolute atomic E-state index is 0.0640. The number of amides is 1. The molecule has 1 aliphatic heterocycles. The Kier molecular flexibility index (Phi) is 5.59. The highest BCUT2D eigenvalue weighted by molar-refractivity contribution is 6.31. The van der Waals surface area contributed by atoms with Crippen LogP contribution in [-0.4, -0.2) is 41.5 Å². The fourth-order valence-corrected chi connectivity index (χ4v) is 2.77. The number of hydrogen-bond acceptors (Lipinski definition) is 3. The van der Waals surface area contributed by atoms with Gasteiger partial charge in [0.05, 0.1) is 6.54 Å². The Balaban J connectivity index is 1.73. The SMILES string of the molecule is O=C(O)CC1CCN(CC(=O)NCc2ccccc2Cl)C1. The van der Waals surface area contributed by atoms with Crippen LogP contribution in [0.3, 0.4) is 0 Å². The minimum Gasteiger partial charge on any atom is -0.481 e. The predicted molar refractivity (Wildman–Crippen MR) is 80.1 cm³/mol. The van der Waals surface area contributed by atoms with Gasteiger partial charge in [0, 0.05) is 24.5 Å². The third kappa shape index (κ3) is 5.02. The van der Waals surface area contributed by atoms with Crippen LogP contribution in [0.5, 0.6) is 0 Å². The molecule has 1 aromatic rings. The molecule has 2 N–H and O–H groups in total. The largest absolute Gasteiger partial charge is 0.481 e. The van der Waals surface area contributed by atoms with Crippen LogP contribution in [0.2, 0.25) is 5.02 Å². The third-order valence-corrected chi connectivity index (χ3v) is 4.00. The summed E-state index contributed by atoms with van der Waals surface area (Å²) >= 11 is 6.03. The summed E-state index contributed by atoms with van der Waals surface area (Å²) in [6, 6.07) is 7.40. The van der Waals surface area contributed by atoms with Crippen molar-refractivity contribution in [3.05, 3.63) is 34.9 Å². The smallest absolute Gasteiger partial charge is 0.303 e. The van der Waals surface area contributed by atoms with Crippen molar-refractivity contribution in [2.75, 3.05) is 19.6 Å². The zero-order valence-corrected chi connectivity index (χ0v) is 12.5. The topological polar surface area (TPSA) is 69.6 Å². The van der Waals surface area contributed by atoms with Crippen molar-refractivity contribution < 1.29 is 14.7 Å². The van der Waals surface area contributed by atoms with Gasteiger partial charge in [0.1, 0.15) is 0 Å². The van der Waals surface area contributed by atoms with Crippen molar-refractivity contribution in [1.29, 1.82) is 0 Å². The van der Waals surface area contributed by atoms with Gasteiger partial charge in [-0.2, -0.15) is 0 Å². The average molecular weight is 311 g/mol. The Labute approximate surface area is 128 Å². The highest BCUT2D eigenvalue weighted by Crippen LogP contribution is 2.19.